The highest BCUT2D eigenvalue weighted by Crippen LogP contribution is 2.08. The first-order valence-electron chi connectivity index (χ1n) is 4.40. The molecule has 3 heteroatoms. The molecule has 0 saturated carbocycles. The van der Waals surface area contributed by atoms with Crippen LogP contribution in [0.5, 0.6) is 0 Å². The van der Waals surface area contributed by atoms with Crippen LogP contribution < -0.4 is 5.32 Å². The molecule has 2 radical (unpaired) electrons. The molecule has 13 heavy (non-hydrogen) atoms. The fraction of sp³-hybridized carbons (Fsp3) is 0.400. The van der Waals surface area contributed by atoms with Crippen molar-refractivity contribution in [2.75, 3.05) is 12.4 Å². The van der Waals surface area contributed by atoms with Gasteiger partial charge in [-0.05, 0) is 25.1 Å². The Morgan fingerprint density at radius 3 is 2.69 bits per heavy atom. The van der Waals surface area contributed by atoms with Crippen molar-refractivity contribution < 1.29 is 4.43 Å². The Morgan fingerprint density at radius 1 is 1.38 bits per heavy atom. The fourth-order valence-electron chi connectivity index (χ4n) is 1.08. The standard InChI is InChI=1S/C10H15NOSi/c1-9(8-13-12-2)11-10-6-4-3-5-7-10/h3-7,9,11H,8H2,1-2H3. The third-order valence-electron chi connectivity index (χ3n) is 1.72. The number of hydrogen-bond donors (Lipinski definition) is 1. The molecule has 1 aromatic carbocycles. The normalized spacial score (nSPS) is 12.5. The molecule has 0 heterocycles. The minimum Gasteiger partial charge on any atom is -0.421 e. The Morgan fingerprint density at radius 2 is 2.08 bits per heavy atom. The van der Waals surface area contributed by atoms with Crippen molar-refractivity contribution in [3.05, 3.63) is 30.3 Å². The molecule has 1 unspecified atom stereocenters. The molecule has 0 amide bonds. The van der Waals surface area contributed by atoms with Crippen LogP contribution in [0.15, 0.2) is 30.3 Å². The lowest BCUT2D eigenvalue weighted by atomic mass is 10.3. The van der Waals surface area contributed by atoms with Gasteiger partial charge in [0.15, 0.2) is 0 Å². The van der Waals surface area contributed by atoms with Gasteiger partial charge in [-0.1, -0.05) is 18.2 Å². The van der Waals surface area contributed by atoms with Crippen LogP contribution in [0.25, 0.3) is 0 Å². The average molecular weight is 193 g/mol. The van der Waals surface area contributed by atoms with Gasteiger partial charge in [0, 0.05) is 18.8 Å². The van der Waals surface area contributed by atoms with Crippen LogP contribution in [-0.2, 0) is 4.43 Å². The van der Waals surface area contributed by atoms with Gasteiger partial charge in [0.1, 0.15) is 0 Å². The largest absolute Gasteiger partial charge is 0.421 e. The van der Waals surface area contributed by atoms with Crippen molar-refractivity contribution in [1.82, 2.24) is 0 Å². The number of nitrogens with one attached hydrogen (secondary N) is 1. The molecular formula is C10H15NOSi. The number of rotatable bonds is 5. The maximum atomic E-state index is 5.04. The molecule has 2 nitrogen and oxygen atoms in total. The summed E-state index contributed by atoms with van der Waals surface area (Å²) in [5, 5.41) is 3.40. The van der Waals surface area contributed by atoms with E-state index in [0.717, 1.165) is 6.04 Å². The van der Waals surface area contributed by atoms with Gasteiger partial charge < -0.3 is 9.74 Å². The highest BCUT2D eigenvalue weighted by molar-refractivity contribution is 6.27. The monoisotopic (exact) mass is 193 g/mol. The van der Waals surface area contributed by atoms with E-state index in [0.29, 0.717) is 15.8 Å². The predicted octanol–water partition coefficient (Wildman–Crippen LogP) is 2.17. The minimum atomic E-state index is 0.473. The van der Waals surface area contributed by atoms with Crippen molar-refractivity contribution in [3.63, 3.8) is 0 Å². The maximum Gasteiger partial charge on any atom is 0.231 e. The quantitative estimate of drug-likeness (QED) is 0.724. The number of hydrogen-bond acceptors (Lipinski definition) is 2. The summed E-state index contributed by atoms with van der Waals surface area (Å²) < 4.78 is 5.04. The van der Waals surface area contributed by atoms with Crippen molar-refractivity contribution in [1.29, 1.82) is 0 Å². The van der Waals surface area contributed by atoms with Crippen LogP contribution in [0, 0.1) is 0 Å². The van der Waals surface area contributed by atoms with Crippen molar-refractivity contribution in [2.45, 2.75) is 19.0 Å². The second-order valence-corrected chi connectivity index (χ2v) is 4.07. The molecule has 0 spiro atoms. The zero-order chi connectivity index (χ0) is 9.52. The summed E-state index contributed by atoms with van der Waals surface area (Å²) in [7, 11) is 2.33. The summed E-state index contributed by atoms with van der Waals surface area (Å²) in [5.41, 5.74) is 1.18. The number of anilines is 1. The Balaban J connectivity index is 2.32. The van der Waals surface area contributed by atoms with Gasteiger partial charge in [-0.25, -0.2) is 0 Å². The summed E-state index contributed by atoms with van der Waals surface area (Å²) in [6.07, 6.45) is 0. The summed E-state index contributed by atoms with van der Waals surface area (Å²) in [6.45, 7) is 2.17. The van der Waals surface area contributed by atoms with E-state index in [1.165, 1.54) is 5.69 Å². The molecule has 0 aliphatic rings. The molecule has 70 valence electrons. The third-order valence-corrected chi connectivity index (χ3v) is 2.79. The molecule has 1 aromatic rings. The van der Waals surface area contributed by atoms with Gasteiger partial charge in [-0.2, -0.15) is 0 Å². The van der Waals surface area contributed by atoms with Gasteiger partial charge in [0.05, 0.1) is 0 Å². The lowest BCUT2D eigenvalue weighted by Gasteiger charge is -2.13. The lowest BCUT2D eigenvalue weighted by Crippen LogP contribution is -2.17. The first kappa shape index (κ1) is 10.3. The van der Waals surface area contributed by atoms with E-state index < -0.39 is 0 Å². The van der Waals surface area contributed by atoms with Crippen LogP contribution in [0.2, 0.25) is 6.04 Å². The van der Waals surface area contributed by atoms with E-state index in [-0.39, 0.29) is 0 Å². The molecule has 0 aromatic heterocycles. The van der Waals surface area contributed by atoms with E-state index >= 15 is 0 Å². The average Bonchev–Trinajstić information content (AvgIpc) is 2.16. The van der Waals surface area contributed by atoms with E-state index in [4.69, 9.17) is 4.43 Å². The van der Waals surface area contributed by atoms with Crippen LogP contribution in [0.1, 0.15) is 6.92 Å². The SMILES string of the molecule is CO[Si]CC(C)Nc1ccccc1. The molecule has 0 aliphatic carbocycles. The Labute approximate surface area is 82.3 Å². The second kappa shape index (κ2) is 5.78. The number of para-hydroxylation sites is 1. The van der Waals surface area contributed by atoms with E-state index in [1.54, 1.807) is 7.11 Å². The zero-order valence-corrected chi connectivity index (χ0v) is 9.08. The smallest absolute Gasteiger partial charge is 0.231 e. The molecule has 1 rings (SSSR count). The van der Waals surface area contributed by atoms with Gasteiger partial charge in [-0.15, -0.1) is 0 Å². The van der Waals surface area contributed by atoms with Gasteiger partial charge in [0.25, 0.3) is 0 Å². The second-order valence-electron chi connectivity index (χ2n) is 2.96. The van der Waals surface area contributed by atoms with Crippen molar-refractivity contribution in [3.8, 4) is 0 Å². The van der Waals surface area contributed by atoms with Crippen LogP contribution in [-0.4, -0.2) is 22.9 Å². The Bertz CT molecular complexity index is 228. The minimum absolute atomic E-state index is 0.473. The van der Waals surface area contributed by atoms with E-state index in [9.17, 15) is 0 Å². The summed E-state index contributed by atoms with van der Waals surface area (Å²) >= 11 is 0. The lowest BCUT2D eigenvalue weighted by molar-refractivity contribution is 0.439. The molecule has 0 saturated heterocycles. The van der Waals surface area contributed by atoms with Crippen molar-refractivity contribution in [2.24, 2.45) is 0 Å². The fourth-order valence-corrected chi connectivity index (χ4v) is 1.60. The van der Waals surface area contributed by atoms with Crippen LogP contribution >= 0.6 is 0 Å². The van der Waals surface area contributed by atoms with E-state index in [1.807, 2.05) is 18.2 Å². The topological polar surface area (TPSA) is 21.3 Å². The van der Waals surface area contributed by atoms with Gasteiger partial charge >= 0.3 is 0 Å². The zero-order valence-electron chi connectivity index (χ0n) is 8.08. The number of benzene rings is 1. The first-order chi connectivity index (χ1) is 6.33. The highest BCUT2D eigenvalue weighted by atomic mass is 28.2. The Kier molecular flexibility index (Phi) is 4.57. The molecule has 0 bridgehead atoms. The molecule has 1 atom stereocenters. The van der Waals surface area contributed by atoms with Crippen LogP contribution in [0.3, 0.4) is 0 Å². The summed E-state index contributed by atoms with van der Waals surface area (Å²) in [4.78, 5) is 0. The van der Waals surface area contributed by atoms with Gasteiger partial charge in [0.2, 0.25) is 9.76 Å². The Hall–Kier alpha value is -0.803. The predicted molar refractivity (Wildman–Crippen MR) is 57.1 cm³/mol. The van der Waals surface area contributed by atoms with Gasteiger partial charge in [-0.3, -0.25) is 0 Å². The first-order valence-corrected chi connectivity index (χ1v) is 5.52. The molecular weight excluding hydrogens is 178 g/mol. The third kappa shape index (κ3) is 4.10. The van der Waals surface area contributed by atoms with E-state index in [2.05, 4.69) is 24.4 Å². The molecule has 0 fully saturated rings. The molecule has 0 aliphatic heterocycles. The maximum absolute atomic E-state index is 5.04. The molecule has 1 N–H and O–H groups in total. The van der Waals surface area contributed by atoms with Crippen LogP contribution in [0.4, 0.5) is 5.69 Å². The summed E-state index contributed by atoms with van der Waals surface area (Å²) in [5.74, 6) is 0. The van der Waals surface area contributed by atoms with Crippen molar-refractivity contribution >= 4 is 15.5 Å². The highest BCUT2D eigenvalue weighted by Gasteiger charge is 2.01. The summed E-state index contributed by atoms with van der Waals surface area (Å²) in [6, 6.07) is 11.8.